The number of rotatable bonds is 4. The van der Waals surface area contributed by atoms with Crippen LogP contribution >= 0.6 is 24.0 Å². The minimum absolute atomic E-state index is 0.0262. The molecule has 0 radical (unpaired) electrons. The number of nitrogens with two attached hydrogens (primary N) is 1. The van der Waals surface area contributed by atoms with Crippen LogP contribution in [0.25, 0.3) is 0 Å². The second-order valence-corrected chi connectivity index (χ2v) is 6.96. The highest BCUT2D eigenvalue weighted by atomic mass is 32.2. The maximum atomic E-state index is 5.92. The van der Waals surface area contributed by atoms with Gasteiger partial charge in [-0.2, -0.15) is 11.8 Å². The lowest BCUT2D eigenvalue weighted by molar-refractivity contribution is 0.212. The van der Waals surface area contributed by atoms with E-state index in [-0.39, 0.29) is 4.75 Å². The Kier molecular flexibility index (Phi) is 4.87. The molecule has 1 heterocycles. The number of piperidine rings is 1. The second-order valence-electron chi connectivity index (χ2n) is 5.33. The molecule has 2 nitrogen and oxygen atoms in total. The summed E-state index contributed by atoms with van der Waals surface area (Å²) in [4.78, 5) is 3.18. The van der Waals surface area contributed by atoms with Gasteiger partial charge in [0.05, 0.1) is 9.74 Å². The third-order valence-electron chi connectivity index (χ3n) is 3.99. The van der Waals surface area contributed by atoms with Gasteiger partial charge in [-0.15, -0.1) is 0 Å². The van der Waals surface area contributed by atoms with E-state index < -0.39 is 0 Å². The fourth-order valence-electron chi connectivity index (χ4n) is 2.69. The minimum Gasteiger partial charge on any atom is -0.392 e. The molecule has 19 heavy (non-hydrogen) atoms. The zero-order valence-electron chi connectivity index (χ0n) is 11.7. The van der Waals surface area contributed by atoms with Crippen molar-refractivity contribution in [3.05, 3.63) is 35.4 Å². The topological polar surface area (TPSA) is 29.3 Å². The Labute approximate surface area is 125 Å². The fourth-order valence-corrected chi connectivity index (χ4v) is 3.94. The van der Waals surface area contributed by atoms with E-state index in [0.717, 1.165) is 32.5 Å². The van der Waals surface area contributed by atoms with Gasteiger partial charge in [0.2, 0.25) is 0 Å². The molecular formula is C15H22N2S2. The maximum Gasteiger partial charge on any atom is 0.0891 e. The van der Waals surface area contributed by atoms with Crippen LogP contribution in [0, 0.1) is 6.92 Å². The summed E-state index contributed by atoms with van der Waals surface area (Å²) in [6, 6.07) is 8.75. The van der Waals surface area contributed by atoms with Crippen molar-refractivity contribution < 1.29 is 0 Å². The summed E-state index contributed by atoms with van der Waals surface area (Å²) in [6.45, 7) is 5.33. The van der Waals surface area contributed by atoms with Gasteiger partial charge in [0, 0.05) is 19.6 Å². The normalized spacial score (nSPS) is 19.3. The first-order valence-corrected chi connectivity index (χ1v) is 8.32. The highest BCUT2D eigenvalue weighted by Crippen LogP contribution is 2.35. The molecule has 4 heteroatoms. The van der Waals surface area contributed by atoms with Gasteiger partial charge in [-0.05, 0) is 31.6 Å². The van der Waals surface area contributed by atoms with Crippen molar-refractivity contribution >= 4 is 29.0 Å². The van der Waals surface area contributed by atoms with Crippen LogP contribution in [0.4, 0.5) is 0 Å². The van der Waals surface area contributed by atoms with Crippen LogP contribution in [0.15, 0.2) is 24.3 Å². The lowest BCUT2D eigenvalue weighted by Crippen LogP contribution is -2.48. The van der Waals surface area contributed by atoms with Crippen LogP contribution in [0.3, 0.4) is 0 Å². The molecule has 1 aliphatic rings. The predicted octanol–water partition coefficient (Wildman–Crippen LogP) is 2.98. The number of thiocarbonyl (C=S) groups is 1. The number of likely N-dealkylation sites (tertiary alicyclic amines) is 1. The Balaban J connectivity index is 1.95. The van der Waals surface area contributed by atoms with E-state index >= 15 is 0 Å². The Morgan fingerprint density at radius 1 is 1.42 bits per heavy atom. The number of nitrogens with zero attached hydrogens (tertiary/aromatic N) is 1. The standard InChI is InChI=1S/C15H22N2S2/c1-12-4-3-5-13(10-12)11-17-8-6-15(19-2,7-9-17)14(16)18/h3-5,10H,6-9,11H2,1-2H3,(H2,16,18). The quantitative estimate of drug-likeness (QED) is 0.865. The molecule has 0 bridgehead atoms. The molecule has 104 valence electrons. The molecule has 0 amide bonds. The van der Waals surface area contributed by atoms with E-state index in [0.29, 0.717) is 4.99 Å². The van der Waals surface area contributed by atoms with Gasteiger partial charge >= 0.3 is 0 Å². The molecule has 0 aromatic heterocycles. The van der Waals surface area contributed by atoms with Crippen LogP contribution < -0.4 is 5.73 Å². The molecule has 0 saturated carbocycles. The lowest BCUT2D eigenvalue weighted by Gasteiger charge is -2.40. The van der Waals surface area contributed by atoms with Crippen molar-refractivity contribution in [3.8, 4) is 0 Å². The molecule has 0 unspecified atom stereocenters. The Morgan fingerprint density at radius 2 is 2.11 bits per heavy atom. The van der Waals surface area contributed by atoms with Crippen LogP contribution in [-0.4, -0.2) is 34.0 Å². The van der Waals surface area contributed by atoms with Crippen molar-refractivity contribution in [2.45, 2.75) is 31.1 Å². The average molecular weight is 294 g/mol. The number of hydrogen-bond donors (Lipinski definition) is 1. The molecule has 0 atom stereocenters. The molecule has 1 aromatic rings. The van der Waals surface area contributed by atoms with Gasteiger partial charge in [0.25, 0.3) is 0 Å². The SMILES string of the molecule is CSC1(C(N)=S)CCN(Cc2cccc(C)c2)CC1. The van der Waals surface area contributed by atoms with E-state index in [1.54, 1.807) is 0 Å². The number of thioether (sulfide) groups is 1. The van der Waals surface area contributed by atoms with Gasteiger partial charge in [-0.25, -0.2) is 0 Å². The summed E-state index contributed by atoms with van der Waals surface area (Å²) in [5.41, 5.74) is 8.65. The predicted molar refractivity (Wildman–Crippen MR) is 88.7 cm³/mol. The summed E-state index contributed by atoms with van der Waals surface area (Å²) in [6.07, 6.45) is 4.25. The smallest absolute Gasteiger partial charge is 0.0891 e. The fraction of sp³-hybridized carbons (Fsp3) is 0.533. The van der Waals surface area contributed by atoms with Crippen LogP contribution in [0.2, 0.25) is 0 Å². The third kappa shape index (κ3) is 3.50. The Morgan fingerprint density at radius 3 is 2.63 bits per heavy atom. The Bertz CT molecular complexity index is 451. The zero-order chi connectivity index (χ0) is 13.9. The number of benzene rings is 1. The lowest BCUT2D eigenvalue weighted by atomic mass is 9.95. The summed E-state index contributed by atoms with van der Waals surface area (Å²) >= 11 is 7.07. The molecule has 1 saturated heterocycles. The second kappa shape index (κ2) is 6.25. The first-order valence-electron chi connectivity index (χ1n) is 6.69. The summed E-state index contributed by atoms with van der Waals surface area (Å²) in [7, 11) is 0. The molecule has 2 rings (SSSR count). The van der Waals surface area contributed by atoms with Gasteiger partial charge in [-0.3, -0.25) is 4.90 Å². The minimum atomic E-state index is 0.0262. The first kappa shape index (κ1) is 14.8. The molecule has 1 aliphatic heterocycles. The maximum absolute atomic E-state index is 5.92. The molecule has 1 fully saturated rings. The van der Waals surface area contributed by atoms with Crippen molar-refractivity contribution in [2.24, 2.45) is 5.73 Å². The third-order valence-corrected chi connectivity index (χ3v) is 5.92. The zero-order valence-corrected chi connectivity index (χ0v) is 13.3. The molecule has 2 N–H and O–H groups in total. The molecular weight excluding hydrogens is 272 g/mol. The van der Waals surface area contributed by atoms with Crippen molar-refractivity contribution in [2.75, 3.05) is 19.3 Å². The summed E-state index contributed by atoms with van der Waals surface area (Å²) in [5, 5.41) is 0. The summed E-state index contributed by atoms with van der Waals surface area (Å²) < 4.78 is 0.0262. The average Bonchev–Trinajstić information content (AvgIpc) is 2.39. The van der Waals surface area contributed by atoms with Gasteiger partial charge < -0.3 is 5.73 Å². The Hall–Kier alpha value is -0.580. The van der Waals surface area contributed by atoms with E-state index in [9.17, 15) is 0 Å². The number of hydrogen-bond acceptors (Lipinski definition) is 3. The van der Waals surface area contributed by atoms with Gasteiger partial charge in [-0.1, -0.05) is 42.0 Å². The van der Waals surface area contributed by atoms with Crippen molar-refractivity contribution in [1.29, 1.82) is 0 Å². The van der Waals surface area contributed by atoms with E-state index in [1.807, 2.05) is 11.8 Å². The van der Waals surface area contributed by atoms with E-state index in [4.69, 9.17) is 18.0 Å². The molecule has 0 aliphatic carbocycles. The molecule has 0 spiro atoms. The molecule has 1 aromatic carbocycles. The van der Waals surface area contributed by atoms with Crippen LogP contribution in [0.1, 0.15) is 24.0 Å². The van der Waals surface area contributed by atoms with E-state index in [1.165, 1.54) is 11.1 Å². The highest BCUT2D eigenvalue weighted by Gasteiger charge is 2.36. The van der Waals surface area contributed by atoms with Gasteiger partial charge in [0.15, 0.2) is 0 Å². The van der Waals surface area contributed by atoms with E-state index in [2.05, 4.69) is 42.3 Å². The van der Waals surface area contributed by atoms with Gasteiger partial charge in [0.1, 0.15) is 0 Å². The number of aryl methyl sites for hydroxylation is 1. The largest absolute Gasteiger partial charge is 0.392 e. The first-order chi connectivity index (χ1) is 9.05. The van der Waals surface area contributed by atoms with Crippen LogP contribution in [0.5, 0.6) is 0 Å². The van der Waals surface area contributed by atoms with Crippen molar-refractivity contribution in [3.63, 3.8) is 0 Å². The highest BCUT2D eigenvalue weighted by molar-refractivity contribution is 8.02. The summed E-state index contributed by atoms with van der Waals surface area (Å²) in [5.74, 6) is 0. The van der Waals surface area contributed by atoms with Crippen LogP contribution in [-0.2, 0) is 6.54 Å². The monoisotopic (exact) mass is 294 g/mol. The van der Waals surface area contributed by atoms with Crippen molar-refractivity contribution in [1.82, 2.24) is 4.90 Å².